The van der Waals surface area contributed by atoms with Gasteiger partial charge in [0.2, 0.25) is 0 Å². The van der Waals surface area contributed by atoms with E-state index < -0.39 is 0 Å². The van der Waals surface area contributed by atoms with Crippen LogP contribution in [0, 0.1) is 5.41 Å². The van der Waals surface area contributed by atoms with Crippen molar-refractivity contribution in [1.29, 1.82) is 0 Å². The molecule has 0 spiro atoms. The molecule has 0 unspecified atom stereocenters. The van der Waals surface area contributed by atoms with E-state index >= 15 is 0 Å². The van der Waals surface area contributed by atoms with Crippen LogP contribution < -0.4 is 0 Å². The molecule has 0 aromatic heterocycles. The molecule has 1 aliphatic carbocycles. The monoisotopic (exact) mass is 232 g/mol. The first-order valence-corrected chi connectivity index (χ1v) is 5.70. The predicted molar refractivity (Wildman–Crippen MR) is 62.5 cm³/mol. The maximum absolute atomic E-state index is 11.9. The maximum atomic E-state index is 11.9. The lowest BCUT2D eigenvalue weighted by atomic mass is 9.96. The van der Waals surface area contributed by atoms with E-state index in [9.17, 15) is 4.79 Å². The zero-order valence-corrected chi connectivity index (χ0v) is 10.2. The summed E-state index contributed by atoms with van der Waals surface area (Å²) in [6.07, 6.45) is 3.40. The number of benzene rings is 1. The molecule has 1 aromatic carbocycles. The van der Waals surface area contributed by atoms with Crippen LogP contribution in [0.5, 0.6) is 0 Å². The molecule has 3 heteroatoms. The van der Waals surface area contributed by atoms with Gasteiger partial charge in [-0.3, -0.25) is 4.79 Å². The number of carbonyl (C=O) groups is 1. The molecule has 0 atom stereocenters. The fourth-order valence-corrected chi connectivity index (χ4v) is 1.65. The Kier molecular flexibility index (Phi) is 4.36. The van der Waals surface area contributed by atoms with Crippen molar-refractivity contribution in [2.24, 2.45) is 5.41 Å². The van der Waals surface area contributed by atoms with Gasteiger partial charge in [-0.05, 0) is 24.8 Å². The molecule has 1 aliphatic rings. The van der Waals surface area contributed by atoms with Crippen LogP contribution in [0.25, 0.3) is 0 Å². The van der Waals surface area contributed by atoms with E-state index in [1.807, 2.05) is 12.1 Å². The summed E-state index contributed by atoms with van der Waals surface area (Å²) < 4.78 is 0. The first kappa shape index (κ1) is 13.3. The Morgan fingerprint density at radius 1 is 1.24 bits per heavy atom. The van der Waals surface area contributed by atoms with Crippen LogP contribution in [0.1, 0.15) is 42.6 Å². The Balaban J connectivity index is 0.000000437. The van der Waals surface area contributed by atoms with Crippen molar-refractivity contribution in [2.75, 3.05) is 0 Å². The molecule has 1 saturated carbocycles. The van der Waals surface area contributed by atoms with Crippen LogP contribution >= 0.6 is 0 Å². The molecule has 2 rings (SSSR count). The van der Waals surface area contributed by atoms with Gasteiger partial charge in [-0.25, -0.2) is 0 Å². The van der Waals surface area contributed by atoms with Crippen LogP contribution in [-0.4, -0.2) is 11.9 Å². The van der Waals surface area contributed by atoms with Gasteiger partial charge in [0.15, 0.2) is 5.78 Å². The number of ketones is 1. The van der Waals surface area contributed by atoms with E-state index in [0.717, 1.165) is 24.8 Å². The van der Waals surface area contributed by atoms with E-state index in [1.165, 1.54) is 5.56 Å². The van der Waals surface area contributed by atoms with E-state index in [2.05, 4.69) is 26.0 Å². The van der Waals surface area contributed by atoms with Crippen molar-refractivity contribution in [3.63, 3.8) is 0 Å². The van der Waals surface area contributed by atoms with Crippen LogP contribution in [0.2, 0.25) is 0 Å². The number of hydrogen-bond donors (Lipinski definition) is 0. The minimum absolute atomic E-state index is 0.0340. The maximum Gasteiger partial charge on any atom is 0.373 e. The summed E-state index contributed by atoms with van der Waals surface area (Å²) in [6, 6.07) is 8.04. The molecule has 0 bridgehead atoms. The summed E-state index contributed by atoms with van der Waals surface area (Å²) in [6.45, 7) is 4.18. The van der Waals surface area contributed by atoms with Gasteiger partial charge in [-0.2, -0.15) is 9.59 Å². The molecule has 3 nitrogen and oxygen atoms in total. The van der Waals surface area contributed by atoms with E-state index in [1.54, 1.807) is 0 Å². The SMILES string of the molecule is CCc1ccc(C(=O)C2(C)CC2)cc1.O=C=O. The highest BCUT2D eigenvalue weighted by Crippen LogP contribution is 2.47. The highest BCUT2D eigenvalue weighted by atomic mass is 16.2. The number of Topliss-reactive ketones (excluding diaryl/α,β-unsaturated/α-hetero) is 1. The average Bonchev–Trinajstić information content (AvgIpc) is 3.09. The second-order valence-electron chi connectivity index (χ2n) is 4.52. The van der Waals surface area contributed by atoms with Gasteiger partial charge in [0, 0.05) is 11.0 Å². The Hall–Kier alpha value is -1.73. The van der Waals surface area contributed by atoms with Crippen LogP contribution in [0.15, 0.2) is 24.3 Å². The van der Waals surface area contributed by atoms with Crippen molar-refractivity contribution in [1.82, 2.24) is 0 Å². The second kappa shape index (κ2) is 5.55. The minimum Gasteiger partial charge on any atom is -0.294 e. The number of carbonyl (C=O) groups excluding carboxylic acids is 3. The molecular weight excluding hydrogens is 216 g/mol. The Labute approximate surface area is 101 Å². The average molecular weight is 232 g/mol. The Morgan fingerprint density at radius 3 is 2.06 bits per heavy atom. The van der Waals surface area contributed by atoms with E-state index in [0.29, 0.717) is 5.78 Å². The summed E-state index contributed by atoms with van der Waals surface area (Å²) in [5.41, 5.74) is 2.14. The summed E-state index contributed by atoms with van der Waals surface area (Å²) in [7, 11) is 0. The zero-order valence-electron chi connectivity index (χ0n) is 10.2. The lowest BCUT2D eigenvalue weighted by Crippen LogP contribution is -2.11. The number of aryl methyl sites for hydroxylation is 1. The van der Waals surface area contributed by atoms with Gasteiger partial charge >= 0.3 is 6.15 Å². The largest absolute Gasteiger partial charge is 0.373 e. The fourth-order valence-electron chi connectivity index (χ4n) is 1.65. The van der Waals surface area contributed by atoms with Crippen molar-refractivity contribution in [2.45, 2.75) is 33.1 Å². The van der Waals surface area contributed by atoms with Crippen molar-refractivity contribution in [3.05, 3.63) is 35.4 Å². The summed E-state index contributed by atoms with van der Waals surface area (Å²) in [5, 5.41) is 0. The second-order valence-corrected chi connectivity index (χ2v) is 4.52. The summed E-state index contributed by atoms with van der Waals surface area (Å²) >= 11 is 0. The first-order valence-electron chi connectivity index (χ1n) is 5.70. The van der Waals surface area contributed by atoms with E-state index in [4.69, 9.17) is 9.59 Å². The van der Waals surface area contributed by atoms with Gasteiger partial charge in [0.05, 0.1) is 0 Å². The molecule has 0 amide bonds. The number of hydrogen-bond acceptors (Lipinski definition) is 3. The topological polar surface area (TPSA) is 51.2 Å². The molecule has 0 radical (unpaired) electrons. The van der Waals surface area contributed by atoms with Crippen LogP contribution in [0.3, 0.4) is 0 Å². The molecule has 0 heterocycles. The quantitative estimate of drug-likeness (QED) is 0.753. The number of rotatable bonds is 3. The minimum atomic E-state index is -0.0340. The lowest BCUT2D eigenvalue weighted by Gasteiger charge is -2.07. The van der Waals surface area contributed by atoms with Gasteiger partial charge in [-0.1, -0.05) is 38.1 Å². The molecule has 0 saturated heterocycles. The van der Waals surface area contributed by atoms with Crippen molar-refractivity contribution >= 4 is 11.9 Å². The fraction of sp³-hybridized carbons (Fsp3) is 0.429. The standard InChI is InChI=1S/C13H16O.CO2/c1-3-10-4-6-11(7-5-10)12(14)13(2)8-9-13;2-1-3/h4-7H,3,8-9H2,1-2H3;. The smallest absolute Gasteiger partial charge is 0.294 e. The third-order valence-electron chi connectivity index (χ3n) is 3.17. The normalized spacial score (nSPS) is 15.2. The van der Waals surface area contributed by atoms with Gasteiger partial charge in [-0.15, -0.1) is 0 Å². The van der Waals surface area contributed by atoms with Gasteiger partial charge < -0.3 is 0 Å². The predicted octanol–water partition coefficient (Wildman–Crippen LogP) is 2.65. The van der Waals surface area contributed by atoms with Gasteiger partial charge in [0.25, 0.3) is 0 Å². The van der Waals surface area contributed by atoms with Crippen LogP contribution in [0.4, 0.5) is 0 Å². The third-order valence-corrected chi connectivity index (χ3v) is 3.17. The summed E-state index contributed by atoms with van der Waals surface area (Å²) in [4.78, 5) is 28.2. The van der Waals surface area contributed by atoms with Gasteiger partial charge in [0.1, 0.15) is 0 Å². The molecule has 0 aliphatic heterocycles. The molecular formula is C14H16O3. The zero-order chi connectivity index (χ0) is 12.9. The van der Waals surface area contributed by atoms with Crippen molar-refractivity contribution in [3.8, 4) is 0 Å². The lowest BCUT2D eigenvalue weighted by molar-refractivity contribution is -0.191. The van der Waals surface area contributed by atoms with Crippen LogP contribution in [-0.2, 0) is 16.0 Å². The summed E-state index contributed by atoms with van der Waals surface area (Å²) in [5.74, 6) is 0.320. The van der Waals surface area contributed by atoms with E-state index in [-0.39, 0.29) is 11.6 Å². The molecule has 0 N–H and O–H groups in total. The third kappa shape index (κ3) is 3.36. The van der Waals surface area contributed by atoms with Crippen molar-refractivity contribution < 1.29 is 14.4 Å². The molecule has 90 valence electrons. The Morgan fingerprint density at radius 2 is 1.71 bits per heavy atom. The first-order chi connectivity index (χ1) is 8.07. The Bertz CT molecular complexity index is 421. The highest BCUT2D eigenvalue weighted by Gasteiger charge is 2.44. The molecule has 1 fully saturated rings. The molecule has 1 aromatic rings. The highest BCUT2D eigenvalue weighted by molar-refractivity contribution is 6.01. The molecule has 17 heavy (non-hydrogen) atoms.